The maximum Gasteiger partial charge on any atom is 0.170 e. The second-order valence-electron chi connectivity index (χ2n) is 5.45. The van der Waals surface area contributed by atoms with Gasteiger partial charge >= 0.3 is 0 Å². The molecule has 1 aliphatic heterocycles. The summed E-state index contributed by atoms with van der Waals surface area (Å²) in [5, 5.41) is 0. The number of fused-ring (bicyclic) bond motifs is 1. The molecule has 0 fully saturated rings. The van der Waals surface area contributed by atoms with Gasteiger partial charge in [-0.05, 0) is 30.9 Å². The van der Waals surface area contributed by atoms with Gasteiger partial charge in [0.05, 0.1) is 12.0 Å². The summed E-state index contributed by atoms with van der Waals surface area (Å²) in [6.07, 6.45) is 3.49. The molecule has 0 amide bonds. The molecular formula is C16H22O2. The molecular weight excluding hydrogens is 224 g/mol. The van der Waals surface area contributed by atoms with Crippen LogP contribution in [0.4, 0.5) is 0 Å². The third kappa shape index (κ3) is 2.43. The highest BCUT2D eigenvalue weighted by Crippen LogP contribution is 2.39. The van der Waals surface area contributed by atoms with Crippen LogP contribution >= 0.6 is 0 Å². The Morgan fingerprint density at radius 3 is 2.72 bits per heavy atom. The minimum atomic E-state index is -0.291. The van der Waals surface area contributed by atoms with Gasteiger partial charge in [0, 0.05) is 0 Å². The minimum Gasteiger partial charge on any atom is -0.486 e. The van der Waals surface area contributed by atoms with Gasteiger partial charge in [0.25, 0.3) is 0 Å². The summed E-state index contributed by atoms with van der Waals surface area (Å²) in [5.41, 5.74) is 0.451. The van der Waals surface area contributed by atoms with E-state index in [4.69, 9.17) is 4.74 Å². The highest BCUT2D eigenvalue weighted by atomic mass is 16.5. The summed E-state index contributed by atoms with van der Waals surface area (Å²) in [6.45, 7) is 6.53. The lowest BCUT2D eigenvalue weighted by Crippen LogP contribution is -2.42. The van der Waals surface area contributed by atoms with Gasteiger partial charge < -0.3 is 4.74 Å². The molecule has 0 aromatic heterocycles. The van der Waals surface area contributed by atoms with E-state index in [2.05, 4.69) is 20.8 Å². The zero-order valence-corrected chi connectivity index (χ0v) is 11.5. The van der Waals surface area contributed by atoms with Crippen LogP contribution in [0, 0.1) is 5.92 Å². The average Bonchev–Trinajstić information content (AvgIpc) is 2.38. The van der Waals surface area contributed by atoms with E-state index in [9.17, 15) is 4.79 Å². The van der Waals surface area contributed by atoms with E-state index in [1.54, 1.807) is 0 Å². The maximum absolute atomic E-state index is 12.2. The Balaban J connectivity index is 2.29. The van der Waals surface area contributed by atoms with Gasteiger partial charge in [-0.2, -0.15) is 0 Å². The smallest absolute Gasteiger partial charge is 0.170 e. The Labute approximate surface area is 109 Å². The Hall–Kier alpha value is -1.31. The normalized spacial score (nSPS) is 24.3. The fourth-order valence-electron chi connectivity index (χ4n) is 2.68. The molecule has 0 bridgehead atoms. The van der Waals surface area contributed by atoms with Crippen molar-refractivity contribution in [3.63, 3.8) is 0 Å². The first-order valence-corrected chi connectivity index (χ1v) is 6.91. The number of Topliss-reactive ketones (excluding diaryl/α,β-unsaturated/α-hetero) is 1. The van der Waals surface area contributed by atoms with Crippen LogP contribution in [-0.2, 0) is 0 Å². The quantitative estimate of drug-likeness (QED) is 0.794. The standard InChI is InChI=1S/C16H22O2/c1-4-12(3)10-16(5-2)11-14(17)13-8-6-7-9-15(13)18-16/h6-9,12H,4-5,10-11H2,1-3H3. The molecule has 0 radical (unpaired) electrons. The van der Waals surface area contributed by atoms with E-state index in [1.807, 2.05) is 24.3 Å². The van der Waals surface area contributed by atoms with Crippen LogP contribution in [0.3, 0.4) is 0 Å². The number of benzene rings is 1. The molecule has 18 heavy (non-hydrogen) atoms. The van der Waals surface area contributed by atoms with Crippen molar-refractivity contribution in [1.82, 2.24) is 0 Å². The zero-order valence-electron chi connectivity index (χ0n) is 11.5. The van der Waals surface area contributed by atoms with Crippen LogP contribution in [0.1, 0.15) is 56.8 Å². The van der Waals surface area contributed by atoms with Crippen LogP contribution in [0.5, 0.6) is 5.75 Å². The largest absolute Gasteiger partial charge is 0.486 e. The molecule has 1 heterocycles. The van der Waals surface area contributed by atoms with E-state index < -0.39 is 0 Å². The molecule has 1 aromatic carbocycles. The van der Waals surface area contributed by atoms with E-state index >= 15 is 0 Å². The summed E-state index contributed by atoms with van der Waals surface area (Å²) in [5.74, 6) is 1.57. The predicted molar refractivity (Wildman–Crippen MR) is 73.1 cm³/mol. The number of rotatable bonds is 4. The summed E-state index contributed by atoms with van der Waals surface area (Å²) >= 11 is 0. The molecule has 2 atom stereocenters. The van der Waals surface area contributed by atoms with E-state index in [1.165, 1.54) is 0 Å². The fraction of sp³-hybridized carbons (Fsp3) is 0.562. The number of hydrogen-bond acceptors (Lipinski definition) is 2. The summed E-state index contributed by atoms with van der Waals surface area (Å²) in [4.78, 5) is 12.2. The van der Waals surface area contributed by atoms with Gasteiger partial charge in [-0.3, -0.25) is 4.79 Å². The Morgan fingerprint density at radius 2 is 2.06 bits per heavy atom. The molecule has 0 aliphatic carbocycles. The van der Waals surface area contributed by atoms with Crippen molar-refractivity contribution in [1.29, 1.82) is 0 Å². The van der Waals surface area contributed by atoms with Crippen molar-refractivity contribution in [2.75, 3.05) is 0 Å². The lowest BCUT2D eigenvalue weighted by atomic mass is 9.81. The molecule has 2 rings (SSSR count). The summed E-state index contributed by atoms with van der Waals surface area (Å²) < 4.78 is 6.19. The number of hydrogen-bond donors (Lipinski definition) is 0. The van der Waals surface area contributed by atoms with Gasteiger partial charge in [-0.15, -0.1) is 0 Å². The van der Waals surface area contributed by atoms with Crippen molar-refractivity contribution in [2.45, 2.75) is 52.1 Å². The lowest BCUT2D eigenvalue weighted by molar-refractivity contribution is 0.0208. The topological polar surface area (TPSA) is 26.3 Å². The first kappa shape index (κ1) is 13.1. The monoisotopic (exact) mass is 246 g/mol. The second kappa shape index (κ2) is 5.13. The minimum absolute atomic E-state index is 0.224. The molecule has 2 unspecified atom stereocenters. The molecule has 2 nitrogen and oxygen atoms in total. The predicted octanol–water partition coefficient (Wildman–Crippen LogP) is 4.24. The fourth-order valence-corrected chi connectivity index (χ4v) is 2.68. The lowest BCUT2D eigenvalue weighted by Gasteiger charge is -2.39. The van der Waals surface area contributed by atoms with E-state index in [0.29, 0.717) is 12.3 Å². The van der Waals surface area contributed by atoms with Gasteiger partial charge in [0.2, 0.25) is 0 Å². The first-order chi connectivity index (χ1) is 8.60. The summed E-state index contributed by atoms with van der Waals surface area (Å²) in [7, 11) is 0. The Bertz CT molecular complexity index is 438. The number of carbonyl (C=O) groups excluding carboxylic acids is 1. The van der Waals surface area contributed by atoms with Crippen LogP contribution in [0.2, 0.25) is 0 Å². The maximum atomic E-state index is 12.2. The van der Waals surface area contributed by atoms with Crippen LogP contribution in [0.25, 0.3) is 0 Å². The van der Waals surface area contributed by atoms with Crippen LogP contribution < -0.4 is 4.74 Å². The Morgan fingerprint density at radius 1 is 1.33 bits per heavy atom. The number of carbonyl (C=O) groups is 1. The molecule has 2 heteroatoms. The number of ether oxygens (including phenoxy) is 1. The highest BCUT2D eigenvalue weighted by Gasteiger charge is 2.39. The van der Waals surface area contributed by atoms with Gasteiger partial charge in [-0.1, -0.05) is 39.3 Å². The third-order valence-corrected chi connectivity index (χ3v) is 4.06. The molecule has 1 aromatic rings. The molecule has 0 saturated heterocycles. The van der Waals surface area contributed by atoms with E-state index in [0.717, 1.165) is 30.6 Å². The van der Waals surface area contributed by atoms with Crippen LogP contribution in [-0.4, -0.2) is 11.4 Å². The van der Waals surface area contributed by atoms with Gasteiger partial charge in [0.1, 0.15) is 11.4 Å². The third-order valence-electron chi connectivity index (χ3n) is 4.06. The van der Waals surface area contributed by atoms with E-state index in [-0.39, 0.29) is 11.4 Å². The van der Waals surface area contributed by atoms with Crippen molar-refractivity contribution >= 4 is 5.78 Å². The van der Waals surface area contributed by atoms with Crippen molar-refractivity contribution in [3.8, 4) is 5.75 Å². The number of para-hydroxylation sites is 1. The SMILES string of the molecule is CCC(C)CC1(CC)CC(=O)c2ccccc2O1. The average molecular weight is 246 g/mol. The summed E-state index contributed by atoms with van der Waals surface area (Å²) in [6, 6.07) is 7.60. The first-order valence-electron chi connectivity index (χ1n) is 6.91. The molecule has 0 spiro atoms. The van der Waals surface area contributed by atoms with Gasteiger partial charge in [-0.25, -0.2) is 0 Å². The highest BCUT2D eigenvalue weighted by molar-refractivity contribution is 6.00. The molecule has 1 aliphatic rings. The van der Waals surface area contributed by atoms with Crippen molar-refractivity contribution in [2.24, 2.45) is 5.92 Å². The van der Waals surface area contributed by atoms with Crippen LogP contribution in [0.15, 0.2) is 24.3 Å². The number of ketones is 1. The molecule has 0 saturated carbocycles. The Kier molecular flexibility index (Phi) is 3.74. The van der Waals surface area contributed by atoms with Gasteiger partial charge in [0.15, 0.2) is 5.78 Å². The second-order valence-corrected chi connectivity index (χ2v) is 5.45. The molecule has 98 valence electrons. The van der Waals surface area contributed by atoms with Crippen molar-refractivity contribution in [3.05, 3.63) is 29.8 Å². The zero-order chi connectivity index (χ0) is 13.2. The molecule has 0 N–H and O–H groups in total. The van der Waals surface area contributed by atoms with Crippen molar-refractivity contribution < 1.29 is 9.53 Å².